The molecule has 1 aliphatic rings. The highest BCUT2D eigenvalue weighted by Gasteiger charge is 2.25. The van der Waals surface area contributed by atoms with Crippen LogP contribution >= 0.6 is 11.3 Å². The molecule has 3 N–H and O–H groups in total. The fourth-order valence-corrected chi connectivity index (χ4v) is 3.06. The second-order valence-corrected chi connectivity index (χ2v) is 5.66. The number of aromatic nitrogens is 1. The molecule has 1 saturated carbocycles. The number of carbonyl (C=O) groups excluding carboxylic acids is 1. The van der Waals surface area contributed by atoms with Gasteiger partial charge in [0.25, 0.3) is 0 Å². The van der Waals surface area contributed by atoms with Crippen molar-refractivity contribution >= 4 is 17.2 Å². The first-order chi connectivity index (χ1) is 8.16. The molecule has 1 aromatic heterocycles. The van der Waals surface area contributed by atoms with Crippen molar-refractivity contribution in [1.29, 1.82) is 0 Å². The molecule has 94 valence electrons. The maximum atomic E-state index is 11.1. The number of nitrogens with one attached hydrogen (secondary N) is 1. The van der Waals surface area contributed by atoms with Crippen molar-refractivity contribution in [3.63, 3.8) is 0 Å². The maximum absolute atomic E-state index is 11.1. The number of nitrogens with two attached hydrogens (primary N) is 1. The van der Waals surface area contributed by atoms with Crippen molar-refractivity contribution in [2.75, 3.05) is 0 Å². The Morgan fingerprint density at radius 2 is 2.24 bits per heavy atom. The lowest BCUT2D eigenvalue weighted by Gasteiger charge is -2.29. The minimum absolute atomic E-state index is 0.0896. The Morgan fingerprint density at radius 3 is 2.76 bits per heavy atom. The summed E-state index contributed by atoms with van der Waals surface area (Å²) in [6, 6.07) is 0.848. The summed E-state index contributed by atoms with van der Waals surface area (Å²) in [6.07, 6.45) is 5.83. The van der Waals surface area contributed by atoms with E-state index in [0.717, 1.165) is 25.7 Å². The summed E-state index contributed by atoms with van der Waals surface area (Å²) in [4.78, 5) is 16.4. The Labute approximate surface area is 106 Å². The monoisotopic (exact) mass is 253 g/mol. The second kappa shape index (κ2) is 5.60. The lowest BCUT2D eigenvalue weighted by atomic mass is 9.85. The molecule has 4 nitrogen and oxygen atoms in total. The summed E-state index contributed by atoms with van der Waals surface area (Å²) in [5.41, 5.74) is 7.18. The molecular formula is C12H19N3OS. The third-order valence-corrected chi connectivity index (χ3v) is 4.45. The molecule has 2 rings (SSSR count). The first kappa shape index (κ1) is 12.5. The van der Waals surface area contributed by atoms with Crippen LogP contribution in [0.1, 0.15) is 43.5 Å². The fourth-order valence-electron chi connectivity index (χ4n) is 2.42. The molecular weight excluding hydrogens is 234 g/mol. The number of amides is 1. The summed E-state index contributed by atoms with van der Waals surface area (Å²) in [6.45, 7) is 2.16. The lowest BCUT2D eigenvalue weighted by molar-refractivity contribution is -0.122. The van der Waals surface area contributed by atoms with Crippen molar-refractivity contribution < 1.29 is 4.79 Å². The molecule has 1 amide bonds. The zero-order chi connectivity index (χ0) is 12.3. The van der Waals surface area contributed by atoms with Gasteiger partial charge in [-0.1, -0.05) is 0 Å². The summed E-state index contributed by atoms with van der Waals surface area (Å²) < 4.78 is 0. The van der Waals surface area contributed by atoms with Crippen molar-refractivity contribution in [2.45, 2.75) is 44.7 Å². The van der Waals surface area contributed by atoms with Gasteiger partial charge >= 0.3 is 0 Å². The Hall–Kier alpha value is -0.940. The van der Waals surface area contributed by atoms with Crippen LogP contribution in [0.4, 0.5) is 0 Å². The van der Waals surface area contributed by atoms with Gasteiger partial charge in [0, 0.05) is 29.1 Å². The minimum Gasteiger partial charge on any atom is -0.369 e. The van der Waals surface area contributed by atoms with Crippen LogP contribution < -0.4 is 11.1 Å². The zero-order valence-corrected chi connectivity index (χ0v) is 10.9. The topological polar surface area (TPSA) is 68.0 Å². The first-order valence-corrected chi connectivity index (χ1v) is 6.98. The van der Waals surface area contributed by atoms with E-state index in [2.05, 4.69) is 17.2 Å². The molecule has 1 aromatic rings. The van der Waals surface area contributed by atoms with Crippen LogP contribution in [0, 0.1) is 5.92 Å². The van der Waals surface area contributed by atoms with E-state index in [0.29, 0.717) is 12.1 Å². The molecule has 0 saturated heterocycles. The molecule has 1 unspecified atom stereocenters. The average molecular weight is 253 g/mol. The smallest absolute Gasteiger partial charge is 0.220 e. The van der Waals surface area contributed by atoms with Gasteiger partial charge in [-0.2, -0.15) is 0 Å². The van der Waals surface area contributed by atoms with E-state index >= 15 is 0 Å². The SMILES string of the molecule is CC(NC1CCC(C(N)=O)CC1)c1cncs1. The highest BCUT2D eigenvalue weighted by molar-refractivity contribution is 7.09. The molecule has 1 atom stereocenters. The highest BCUT2D eigenvalue weighted by atomic mass is 32.1. The first-order valence-electron chi connectivity index (χ1n) is 6.10. The van der Waals surface area contributed by atoms with Crippen LogP contribution in [-0.4, -0.2) is 16.9 Å². The van der Waals surface area contributed by atoms with E-state index < -0.39 is 0 Å². The Kier molecular flexibility index (Phi) is 4.12. The molecule has 0 spiro atoms. The highest BCUT2D eigenvalue weighted by Crippen LogP contribution is 2.26. The van der Waals surface area contributed by atoms with Crippen LogP contribution in [0.2, 0.25) is 0 Å². The second-order valence-electron chi connectivity index (χ2n) is 4.74. The van der Waals surface area contributed by atoms with Gasteiger partial charge in [-0.25, -0.2) is 0 Å². The van der Waals surface area contributed by atoms with Crippen LogP contribution in [-0.2, 0) is 4.79 Å². The van der Waals surface area contributed by atoms with E-state index in [1.165, 1.54) is 4.88 Å². The summed E-state index contributed by atoms with van der Waals surface area (Å²) in [5, 5.41) is 3.60. The number of hydrogen-bond donors (Lipinski definition) is 2. The summed E-state index contributed by atoms with van der Waals surface area (Å²) >= 11 is 1.68. The van der Waals surface area contributed by atoms with Crippen molar-refractivity contribution in [3.05, 3.63) is 16.6 Å². The Morgan fingerprint density at radius 1 is 1.53 bits per heavy atom. The van der Waals surface area contributed by atoms with Gasteiger partial charge in [-0.3, -0.25) is 9.78 Å². The van der Waals surface area contributed by atoms with E-state index in [1.807, 2.05) is 11.7 Å². The maximum Gasteiger partial charge on any atom is 0.220 e. The number of rotatable bonds is 4. The molecule has 0 aliphatic heterocycles. The molecule has 0 radical (unpaired) electrons. The van der Waals surface area contributed by atoms with E-state index in [-0.39, 0.29) is 11.8 Å². The number of primary amides is 1. The summed E-state index contributed by atoms with van der Waals surface area (Å²) in [5.74, 6) is -0.0503. The molecule has 1 fully saturated rings. The molecule has 1 heterocycles. The number of nitrogens with zero attached hydrogens (tertiary/aromatic N) is 1. The van der Waals surface area contributed by atoms with Crippen molar-refractivity contribution in [1.82, 2.24) is 10.3 Å². The van der Waals surface area contributed by atoms with Crippen molar-refractivity contribution in [2.24, 2.45) is 11.7 Å². The normalized spacial score (nSPS) is 26.6. The fraction of sp³-hybridized carbons (Fsp3) is 0.667. The summed E-state index contributed by atoms with van der Waals surface area (Å²) in [7, 11) is 0. The van der Waals surface area contributed by atoms with Gasteiger partial charge in [0.2, 0.25) is 5.91 Å². The Bertz CT molecular complexity index is 358. The minimum atomic E-state index is -0.140. The Balaban J connectivity index is 1.80. The van der Waals surface area contributed by atoms with Crippen LogP contribution in [0.25, 0.3) is 0 Å². The van der Waals surface area contributed by atoms with E-state index in [1.54, 1.807) is 11.3 Å². The van der Waals surface area contributed by atoms with Gasteiger partial charge < -0.3 is 11.1 Å². The van der Waals surface area contributed by atoms with Gasteiger partial charge in [0.1, 0.15) is 0 Å². The predicted octanol–water partition coefficient (Wildman–Crippen LogP) is 1.84. The van der Waals surface area contributed by atoms with Gasteiger partial charge in [-0.15, -0.1) is 11.3 Å². The van der Waals surface area contributed by atoms with Gasteiger partial charge in [0.15, 0.2) is 0 Å². The molecule has 5 heteroatoms. The molecule has 0 bridgehead atoms. The molecule has 17 heavy (non-hydrogen) atoms. The van der Waals surface area contributed by atoms with Crippen LogP contribution in [0.15, 0.2) is 11.7 Å². The standard InChI is InChI=1S/C12H19N3OS/c1-8(11-6-14-7-17-11)15-10-4-2-9(3-5-10)12(13)16/h6-10,15H,2-5H2,1H3,(H2,13,16). The third kappa shape index (κ3) is 3.26. The van der Waals surface area contributed by atoms with E-state index in [4.69, 9.17) is 5.73 Å². The van der Waals surface area contributed by atoms with Crippen LogP contribution in [0.5, 0.6) is 0 Å². The van der Waals surface area contributed by atoms with E-state index in [9.17, 15) is 4.79 Å². The number of hydrogen-bond acceptors (Lipinski definition) is 4. The zero-order valence-electron chi connectivity index (χ0n) is 10.1. The van der Waals surface area contributed by atoms with Gasteiger partial charge in [-0.05, 0) is 32.6 Å². The van der Waals surface area contributed by atoms with Crippen molar-refractivity contribution in [3.8, 4) is 0 Å². The van der Waals surface area contributed by atoms with Gasteiger partial charge in [0.05, 0.1) is 5.51 Å². The lowest BCUT2D eigenvalue weighted by Crippen LogP contribution is -2.37. The predicted molar refractivity (Wildman–Crippen MR) is 68.6 cm³/mol. The van der Waals surface area contributed by atoms with Crippen LogP contribution in [0.3, 0.4) is 0 Å². The number of carbonyl (C=O) groups is 1. The quantitative estimate of drug-likeness (QED) is 0.860. The molecule has 1 aliphatic carbocycles. The largest absolute Gasteiger partial charge is 0.369 e. The average Bonchev–Trinajstić information content (AvgIpc) is 2.83. The number of thiazole rings is 1. The third-order valence-electron chi connectivity index (χ3n) is 3.49. The molecule has 0 aromatic carbocycles.